The van der Waals surface area contributed by atoms with E-state index in [1.807, 2.05) is 0 Å². The van der Waals surface area contributed by atoms with Crippen molar-refractivity contribution in [1.82, 2.24) is 19.9 Å². The van der Waals surface area contributed by atoms with Crippen LogP contribution in [0.25, 0.3) is 22.3 Å². The van der Waals surface area contributed by atoms with Gasteiger partial charge in [0.15, 0.2) is 0 Å². The van der Waals surface area contributed by atoms with Crippen LogP contribution in [-0.2, 0) is 12.4 Å². The molecule has 5 rings (SSSR count). The van der Waals surface area contributed by atoms with E-state index in [9.17, 15) is 35.5 Å². The Balaban J connectivity index is 1.45. The second-order valence-corrected chi connectivity index (χ2v) is 8.40. The number of carbonyl (C=O) groups excluding carboxylic acids is 1. The lowest BCUT2D eigenvalue weighted by Crippen LogP contribution is -2.20. The molecular weight excluding hydrogens is 545 g/mol. The van der Waals surface area contributed by atoms with Crippen LogP contribution in [-0.4, -0.2) is 25.8 Å². The Bertz CT molecular complexity index is 1730. The zero-order valence-corrected chi connectivity index (χ0v) is 19.8. The maximum Gasteiger partial charge on any atom is 0.419 e. The average Bonchev–Trinajstić information content (AvgIpc) is 3.37. The van der Waals surface area contributed by atoms with Crippen molar-refractivity contribution in [2.75, 3.05) is 10.6 Å². The van der Waals surface area contributed by atoms with Gasteiger partial charge in [-0.15, -0.1) is 0 Å². The molecule has 3 N–H and O–H groups in total. The number of nitrogens with one attached hydrogen (secondary N) is 3. The molecule has 5 aromatic rings. The number of alkyl halides is 6. The molecular formula is C26H15F7N6O. The Hall–Kier alpha value is -5.01. The van der Waals surface area contributed by atoms with E-state index in [0.29, 0.717) is 28.4 Å². The first-order valence-corrected chi connectivity index (χ1v) is 11.3. The maximum atomic E-state index is 14.6. The molecule has 0 atom stereocenters. The number of aromatic amines is 1. The number of aromatic nitrogens is 4. The van der Waals surface area contributed by atoms with E-state index in [0.717, 1.165) is 5.39 Å². The summed E-state index contributed by atoms with van der Waals surface area (Å²) in [7, 11) is 0. The summed E-state index contributed by atoms with van der Waals surface area (Å²) >= 11 is 0. The number of pyridine rings is 1. The van der Waals surface area contributed by atoms with Crippen LogP contribution in [0.2, 0.25) is 0 Å². The Morgan fingerprint density at radius 3 is 2.38 bits per heavy atom. The van der Waals surface area contributed by atoms with Gasteiger partial charge in [0.1, 0.15) is 23.6 Å². The number of nitrogens with zero attached hydrogens (tertiary/aromatic N) is 3. The van der Waals surface area contributed by atoms with Crippen molar-refractivity contribution < 1.29 is 35.5 Å². The van der Waals surface area contributed by atoms with Crippen molar-refractivity contribution in [2.24, 2.45) is 0 Å². The van der Waals surface area contributed by atoms with Gasteiger partial charge < -0.3 is 15.6 Å². The van der Waals surface area contributed by atoms with E-state index in [4.69, 9.17) is 0 Å². The number of benzene rings is 2. The first-order chi connectivity index (χ1) is 18.9. The van der Waals surface area contributed by atoms with Crippen molar-refractivity contribution in [1.29, 1.82) is 0 Å². The van der Waals surface area contributed by atoms with Crippen molar-refractivity contribution in [3.8, 4) is 11.3 Å². The highest BCUT2D eigenvalue weighted by molar-refractivity contribution is 6.05. The molecule has 0 unspecified atom stereocenters. The van der Waals surface area contributed by atoms with Gasteiger partial charge in [0.25, 0.3) is 5.91 Å². The average molecular weight is 560 g/mol. The third-order valence-electron chi connectivity index (χ3n) is 5.75. The van der Waals surface area contributed by atoms with Crippen molar-refractivity contribution in [3.63, 3.8) is 0 Å². The lowest BCUT2D eigenvalue weighted by molar-refractivity contribution is -0.144. The summed E-state index contributed by atoms with van der Waals surface area (Å²) in [6.07, 6.45) is -6.12. The fourth-order valence-corrected chi connectivity index (χ4v) is 3.95. The minimum absolute atomic E-state index is 0.0334. The molecule has 0 aliphatic heterocycles. The molecule has 40 heavy (non-hydrogen) atoms. The molecule has 0 aliphatic carbocycles. The Morgan fingerprint density at radius 2 is 1.62 bits per heavy atom. The van der Waals surface area contributed by atoms with Crippen LogP contribution in [0.1, 0.15) is 21.5 Å². The number of halogens is 7. The van der Waals surface area contributed by atoms with E-state index in [1.165, 1.54) is 30.7 Å². The van der Waals surface area contributed by atoms with E-state index in [1.54, 1.807) is 30.5 Å². The highest BCUT2D eigenvalue weighted by Crippen LogP contribution is 2.38. The summed E-state index contributed by atoms with van der Waals surface area (Å²) in [5.74, 6) is -3.27. The van der Waals surface area contributed by atoms with Gasteiger partial charge in [-0.25, -0.2) is 19.3 Å². The number of rotatable bonds is 5. The fraction of sp³-hybridized carbons (Fsp3) is 0.0769. The van der Waals surface area contributed by atoms with E-state index in [-0.39, 0.29) is 17.8 Å². The van der Waals surface area contributed by atoms with Gasteiger partial charge in [-0.1, -0.05) is 6.07 Å². The normalized spacial score (nSPS) is 12.0. The van der Waals surface area contributed by atoms with E-state index in [2.05, 4.69) is 30.6 Å². The minimum Gasteiger partial charge on any atom is -0.346 e. The molecule has 0 spiro atoms. The van der Waals surface area contributed by atoms with Crippen LogP contribution in [0.15, 0.2) is 73.3 Å². The molecule has 3 heterocycles. The van der Waals surface area contributed by atoms with Crippen molar-refractivity contribution in [3.05, 3.63) is 95.8 Å². The van der Waals surface area contributed by atoms with Crippen molar-refractivity contribution in [2.45, 2.75) is 12.4 Å². The Labute approximate surface area is 220 Å². The van der Waals surface area contributed by atoms with Crippen LogP contribution in [0.5, 0.6) is 0 Å². The number of carbonyl (C=O) groups is 1. The van der Waals surface area contributed by atoms with Crippen LogP contribution < -0.4 is 10.6 Å². The summed E-state index contributed by atoms with van der Waals surface area (Å²) in [5.41, 5.74) is -3.36. The highest BCUT2D eigenvalue weighted by atomic mass is 19.4. The van der Waals surface area contributed by atoms with Crippen LogP contribution in [0.4, 0.5) is 47.9 Å². The van der Waals surface area contributed by atoms with Crippen molar-refractivity contribution >= 4 is 34.1 Å². The number of anilines is 3. The number of H-pyrrole nitrogens is 1. The number of amides is 1. The molecule has 0 aliphatic rings. The molecule has 0 saturated heterocycles. The largest absolute Gasteiger partial charge is 0.419 e. The van der Waals surface area contributed by atoms with Gasteiger partial charge in [0.2, 0.25) is 0 Å². The summed E-state index contributed by atoms with van der Waals surface area (Å²) in [6.45, 7) is 0. The summed E-state index contributed by atoms with van der Waals surface area (Å²) < 4.78 is 93.8. The molecule has 7 nitrogen and oxygen atoms in total. The number of hydrogen-bond acceptors (Lipinski definition) is 5. The molecule has 1 amide bonds. The van der Waals surface area contributed by atoms with Crippen LogP contribution >= 0.6 is 0 Å². The first-order valence-electron chi connectivity index (χ1n) is 11.3. The predicted octanol–water partition coefficient (Wildman–Crippen LogP) is 7.19. The third-order valence-corrected chi connectivity index (χ3v) is 5.75. The van der Waals surface area contributed by atoms with Gasteiger partial charge >= 0.3 is 12.4 Å². The van der Waals surface area contributed by atoms with Gasteiger partial charge in [-0.05, 0) is 48.5 Å². The summed E-state index contributed by atoms with van der Waals surface area (Å²) in [4.78, 5) is 28.5. The van der Waals surface area contributed by atoms with Crippen LogP contribution in [0, 0.1) is 5.82 Å². The molecule has 0 saturated carbocycles. The second kappa shape index (κ2) is 9.94. The topological polar surface area (TPSA) is 95.6 Å². The SMILES string of the molecule is O=C(Nc1cccc(Nc2ncccc2-c2ncnc3[nH]ccc23)c1)c1cc(C(F)(F)F)cc(C(F)(F)F)c1F. The molecule has 3 aromatic heterocycles. The molecule has 14 heteroatoms. The predicted molar refractivity (Wildman–Crippen MR) is 131 cm³/mol. The molecule has 2 aromatic carbocycles. The van der Waals surface area contributed by atoms with Gasteiger partial charge in [-0.2, -0.15) is 26.3 Å². The Morgan fingerprint density at radius 1 is 0.850 bits per heavy atom. The third kappa shape index (κ3) is 5.28. The Kier molecular flexibility index (Phi) is 6.61. The second-order valence-electron chi connectivity index (χ2n) is 8.40. The quantitative estimate of drug-likeness (QED) is 0.198. The number of fused-ring (bicyclic) bond motifs is 1. The number of hydrogen-bond donors (Lipinski definition) is 3. The molecule has 0 fully saturated rings. The van der Waals surface area contributed by atoms with Crippen LogP contribution in [0.3, 0.4) is 0 Å². The highest BCUT2D eigenvalue weighted by Gasteiger charge is 2.41. The van der Waals surface area contributed by atoms with Gasteiger partial charge in [0, 0.05) is 34.7 Å². The first kappa shape index (κ1) is 26.6. The monoisotopic (exact) mass is 560 g/mol. The smallest absolute Gasteiger partial charge is 0.346 e. The molecule has 204 valence electrons. The lowest BCUT2D eigenvalue weighted by atomic mass is 10.0. The van der Waals surface area contributed by atoms with E-state index < -0.39 is 40.8 Å². The van der Waals surface area contributed by atoms with Gasteiger partial charge in [0.05, 0.1) is 22.4 Å². The fourth-order valence-electron chi connectivity index (χ4n) is 3.95. The lowest BCUT2D eigenvalue weighted by Gasteiger charge is -2.16. The minimum atomic E-state index is -5.46. The van der Waals surface area contributed by atoms with E-state index >= 15 is 0 Å². The summed E-state index contributed by atoms with van der Waals surface area (Å²) in [6, 6.07) is 10.6. The molecule has 0 bridgehead atoms. The van der Waals surface area contributed by atoms with Gasteiger partial charge in [-0.3, -0.25) is 4.79 Å². The molecule has 0 radical (unpaired) electrons. The summed E-state index contributed by atoms with van der Waals surface area (Å²) in [5, 5.41) is 5.92. The maximum absolute atomic E-state index is 14.6. The standard InChI is InChI=1S/C26H15F7N6O/c27-20-18(9-13(25(28,29)30)10-19(20)26(31,32)33)24(40)39-15-4-1-3-14(11-15)38-23-16(5-2-7-34-23)21-17-6-8-35-22(17)37-12-36-21/h1-12H,(H,34,38)(H,39,40)(H,35,36,37). The zero-order chi connectivity index (χ0) is 28.7. The zero-order valence-electron chi connectivity index (χ0n) is 19.8.